The number of imidazole rings is 1. The molecule has 0 radical (unpaired) electrons. The van der Waals surface area contributed by atoms with Crippen molar-refractivity contribution in [3.8, 4) is 11.3 Å². The number of nitrogens with one attached hydrogen (secondary N) is 1. The van der Waals surface area contributed by atoms with Gasteiger partial charge >= 0.3 is 0 Å². The maximum Gasteiger partial charge on any atom is 0.215 e. The minimum Gasteiger partial charge on any atom is -0.298 e. The molecule has 0 saturated heterocycles. The number of aryl methyl sites for hydroxylation is 2. The van der Waals surface area contributed by atoms with E-state index < -0.39 is 0 Å². The topological polar surface area (TPSA) is 59.3 Å². The van der Waals surface area contributed by atoms with Crippen LogP contribution in [-0.2, 0) is 17.6 Å². The Labute approximate surface area is 132 Å². The van der Waals surface area contributed by atoms with Crippen molar-refractivity contribution in [2.24, 2.45) is 0 Å². The van der Waals surface area contributed by atoms with E-state index in [0.29, 0.717) is 23.6 Å². The van der Waals surface area contributed by atoms with Gasteiger partial charge in [0.05, 0.1) is 11.4 Å². The lowest BCUT2D eigenvalue weighted by Crippen LogP contribution is -2.13. The molecule has 1 aromatic carbocycles. The molecule has 4 rings (SSSR count). The lowest BCUT2D eigenvalue weighted by atomic mass is 9.97. The summed E-state index contributed by atoms with van der Waals surface area (Å²) in [6, 6.07) is 6.54. The quantitative estimate of drug-likeness (QED) is 0.757. The highest BCUT2D eigenvalue weighted by Gasteiger charge is 2.20. The van der Waals surface area contributed by atoms with E-state index in [0.717, 1.165) is 42.6 Å². The van der Waals surface area contributed by atoms with E-state index in [1.165, 1.54) is 6.07 Å². The molecule has 1 aliphatic rings. The Morgan fingerprint density at radius 3 is 2.83 bits per heavy atom. The van der Waals surface area contributed by atoms with Gasteiger partial charge in [0.25, 0.3) is 0 Å². The number of hydrogen-bond acceptors (Lipinski definition) is 3. The van der Waals surface area contributed by atoms with Gasteiger partial charge in [0.2, 0.25) is 12.4 Å². The van der Waals surface area contributed by atoms with Crippen LogP contribution in [0.25, 0.3) is 16.9 Å². The lowest BCUT2D eigenvalue weighted by Gasteiger charge is -2.16. The molecule has 3 aromatic rings. The second kappa shape index (κ2) is 5.46. The van der Waals surface area contributed by atoms with E-state index in [2.05, 4.69) is 15.3 Å². The van der Waals surface area contributed by atoms with Gasteiger partial charge in [0, 0.05) is 17.3 Å². The monoisotopic (exact) mass is 310 g/mol. The number of nitrogens with zero attached hydrogens (tertiary/aromatic N) is 3. The SMILES string of the molecule is O=CNc1nc2c(c3nc(-c4ccccc4F)cn13)CCCC2. The zero-order valence-corrected chi connectivity index (χ0v) is 12.4. The average Bonchev–Trinajstić information content (AvgIpc) is 3.01. The molecule has 116 valence electrons. The molecule has 0 spiro atoms. The van der Waals surface area contributed by atoms with Crippen molar-refractivity contribution >= 4 is 18.0 Å². The van der Waals surface area contributed by atoms with Gasteiger partial charge in [-0.15, -0.1) is 0 Å². The summed E-state index contributed by atoms with van der Waals surface area (Å²) in [6.45, 7) is 0. The number of amides is 1. The van der Waals surface area contributed by atoms with Gasteiger partial charge in [-0.3, -0.25) is 14.5 Å². The fraction of sp³-hybridized carbons (Fsp3) is 0.235. The van der Waals surface area contributed by atoms with Gasteiger partial charge in [-0.25, -0.2) is 14.4 Å². The Morgan fingerprint density at radius 1 is 1.17 bits per heavy atom. The first-order valence-electron chi connectivity index (χ1n) is 7.64. The van der Waals surface area contributed by atoms with Crippen molar-refractivity contribution in [1.82, 2.24) is 14.4 Å². The standard InChI is InChI=1S/C17H15FN4O/c18-13-7-3-1-5-11(13)15-9-22-16(20-15)12-6-2-4-8-14(12)21-17(22)19-10-23/h1,3,5,7,9-10H,2,4,6,8H2,(H,19,21,23). The summed E-state index contributed by atoms with van der Waals surface area (Å²) in [5.74, 6) is 0.105. The van der Waals surface area contributed by atoms with Crippen molar-refractivity contribution in [3.05, 3.63) is 47.5 Å². The summed E-state index contributed by atoms with van der Waals surface area (Å²) >= 11 is 0. The largest absolute Gasteiger partial charge is 0.298 e. The number of carbonyl (C=O) groups excluding carboxylic acids is 1. The molecule has 0 aliphatic heterocycles. The Hall–Kier alpha value is -2.76. The van der Waals surface area contributed by atoms with Crippen molar-refractivity contribution in [2.75, 3.05) is 5.32 Å². The summed E-state index contributed by atoms with van der Waals surface area (Å²) < 4.78 is 15.8. The third kappa shape index (κ3) is 2.27. The maximum atomic E-state index is 14.1. The van der Waals surface area contributed by atoms with Crippen molar-refractivity contribution < 1.29 is 9.18 Å². The van der Waals surface area contributed by atoms with Gasteiger partial charge in [-0.1, -0.05) is 12.1 Å². The van der Waals surface area contributed by atoms with Crippen LogP contribution in [0.2, 0.25) is 0 Å². The Kier molecular flexibility index (Phi) is 3.29. The number of aromatic nitrogens is 3. The van der Waals surface area contributed by atoms with Gasteiger partial charge in [0.15, 0.2) is 0 Å². The van der Waals surface area contributed by atoms with Crippen LogP contribution < -0.4 is 5.32 Å². The van der Waals surface area contributed by atoms with Gasteiger partial charge < -0.3 is 0 Å². The minimum atomic E-state index is -0.317. The molecule has 5 nitrogen and oxygen atoms in total. The molecule has 2 aromatic heterocycles. The molecule has 23 heavy (non-hydrogen) atoms. The zero-order valence-electron chi connectivity index (χ0n) is 12.4. The van der Waals surface area contributed by atoms with E-state index in [9.17, 15) is 9.18 Å². The average molecular weight is 310 g/mol. The Morgan fingerprint density at radius 2 is 2.00 bits per heavy atom. The number of benzene rings is 1. The van der Waals surface area contributed by atoms with Crippen LogP contribution in [0.4, 0.5) is 10.3 Å². The number of fused-ring (bicyclic) bond motifs is 3. The predicted octanol–water partition coefficient (Wildman–Crippen LogP) is 2.98. The van der Waals surface area contributed by atoms with Crippen LogP contribution in [0, 0.1) is 5.82 Å². The van der Waals surface area contributed by atoms with Gasteiger partial charge in [0.1, 0.15) is 11.5 Å². The molecule has 0 fully saturated rings. The lowest BCUT2D eigenvalue weighted by molar-refractivity contribution is -0.105. The first-order valence-corrected chi connectivity index (χ1v) is 7.64. The summed E-state index contributed by atoms with van der Waals surface area (Å²) in [4.78, 5) is 20.0. The van der Waals surface area contributed by atoms with Crippen LogP contribution in [-0.4, -0.2) is 20.8 Å². The zero-order chi connectivity index (χ0) is 15.8. The summed E-state index contributed by atoms with van der Waals surface area (Å²) in [6.07, 6.45) is 6.27. The van der Waals surface area contributed by atoms with Gasteiger partial charge in [-0.05, 0) is 37.8 Å². The van der Waals surface area contributed by atoms with Crippen LogP contribution >= 0.6 is 0 Å². The third-order valence-corrected chi connectivity index (χ3v) is 4.22. The molecule has 0 atom stereocenters. The first kappa shape index (κ1) is 13.9. The molecular formula is C17H15FN4O. The van der Waals surface area contributed by atoms with E-state index in [1.807, 2.05) is 0 Å². The van der Waals surface area contributed by atoms with E-state index >= 15 is 0 Å². The molecule has 2 heterocycles. The van der Waals surface area contributed by atoms with Crippen molar-refractivity contribution in [1.29, 1.82) is 0 Å². The Balaban J connectivity index is 1.98. The minimum absolute atomic E-state index is 0.317. The van der Waals surface area contributed by atoms with E-state index in [-0.39, 0.29) is 5.82 Å². The maximum absolute atomic E-state index is 14.1. The first-order chi connectivity index (χ1) is 11.3. The fourth-order valence-corrected chi connectivity index (χ4v) is 3.14. The molecule has 1 N–H and O–H groups in total. The molecule has 1 aliphatic carbocycles. The summed E-state index contributed by atoms with van der Waals surface area (Å²) in [7, 11) is 0. The van der Waals surface area contributed by atoms with E-state index in [1.54, 1.807) is 28.8 Å². The van der Waals surface area contributed by atoms with Crippen LogP contribution in [0.15, 0.2) is 30.5 Å². The Bertz CT molecular complexity index is 903. The highest BCUT2D eigenvalue weighted by Crippen LogP contribution is 2.29. The van der Waals surface area contributed by atoms with Crippen molar-refractivity contribution in [3.63, 3.8) is 0 Å². The highest BCUT2D eigenvalue weighted by molar-refractivity contribution is 5.72. The highest BCUT2D eigenvalue weighted by atomic mass is 19.1. The fourth-order valence-electron chi connectivity index (χ4n) is 3.14. The predicted molar refractivity (Wildman–Crippen MR) is 84.7 cm³/mol. The number of rotatable bonds is 3. The third-order valence-electron chi connectivity index (χ3n) is 4.22. The second-order valence-electron chi connectivity index (χ2n) is 5.63. The molecule has 6 heteroatoms. The smallest absolute Gasteiger partial charge is 0.215 e. The van der Waals surface area contributed by atoms with Crippen LogP contribution in [0.3, 0.4) is 0 Å². The molecule has 0 unspecified atom stereocenters. The van der Waals surface area contributed by atoms with Crippen LogP contribution in [0.5, 0.6) is 0 Å². The molecule has 0 saturated carbocycles. The van der Waals surface area contributed by atoms with Crippen molar-refractivity contribution in [2.45, 2.75) is 25.7 Å². The van der Waals surface area contributed by atoms with Gasteiger partial charge in [-0.2, -0.15) is 0 Å². The number of anilines is 1. The van der Waals surface area contributed by atoms with Crippen LogP contribution in [0.1, 0.15) is 24.1 Å². The molecular weight excluding hydrogens is 295 g/mol. The molecule has 1 amide bonds. The number of halogens is 1. The number of hydrogen-bond donors (Lipinski definition) is 1. The summed E-state index contributed by atoms with van der Waals surface area (Å²) in [5, 5.41) is 2.62. The van der Waals surface area contributed by atoms with E-state index in [4.69, 9.17) is 0 Å². The molecule has 0 bridgehead atoms. The summed E-state index contributed by atoms with van der Waals surface area (Å²) in [5.41, 5.74) is 3.79. The second-order valence-corrected chi connectivity index (χ2v) is 5.63. The number of carbonyl (C=O) groups is 1. The normalized spacial score (nSPS) is 13.8.